The van der Waals surface area contributed by atoms with Crippen LogP contribution in [0.1, 0.15) is 136 Å². The summed E-state index contributed by atoms with van der Waals surface area (Å²) in [7, 11) is -5.18. The van der Waals surface area contributed by atoms with Crippen LogP contribution in [0.4, 0.5) is 0 Å². The molecule has 0 bridgehead atoms. The molecular formula is C49H79O14P. The van der Waals surface area contributed by atoms with Gasteiger partial charge in [0.25, 0.3) is 0 Å². The van der Waals surface area contributed by atoms with Gasteiger partial charge in [0, 0.05) is 12.8 Å². The minimum absolute atomic E-state index is 0.0216. The third-order valence-corrected chi connectivity index (χ3v) is 11.0. The van der Waals surface area contributed by atoms with Crippen molar-refractivity contribution in [1.82, 2.24) is 0 Å². The Morgan fingerprint density at radius 1 is 0.578 bits per heavy atom. The molecule has 1 aliphatic rings. The zero-order chi connectivity index (χ0) is 47.3. The lowest BCUT2D eigenvalue weighted by Gasteiger charge is -2.41. The number of phosphoric acid groups is 1. The van der Waals surface area contributed by atoms with Gasteiger partial charge in [0.2, 0.25) is 0 Å². The van der Waals surface area contributed by atoms with Crippen LogP contribution >= 0.6 is 7.82 Å². The maximum absolute atomic E-state index is 12.8. The Morgan fingerprint density at radius 2 is 1.08 bits per heavy atom. The Balaban J connectivity index is 2.60. The van der Waals surface area contributed by atoms with Crippen LogP contribution in [0.5, 0.6) is 0 Å². The number of hydrogen-bond donors (Lipinski definition) is 7. The first-order valence-corrected chi connectivity index (χ1v) is 24.6. The maximum atomic E-state index is 12.8. The van der Waals surface area contributed by atoms with Crippen molar-refractivity contribution in [3.05, 3.63) is 97.2 Å². The van der Waals surface area contributed by atoms with Crippen molar-refractivity contribution in [2.45, 2.75) is 185 Å². The molecule has 0 amide bonds. The first-order chi connectivity index (χ1) is 30.8. The van der Waals surface area contributed by atoms with Gasteiger partial charge in [-0.2, -0.15) is 0 Å². The average molecular weight is 923 g/mol. The Labute approximate surface area is 382 Å². The van der Waals surface area contributed by atoms with E-state index in [4.69, 9.17) is 18.5 Å². The standard InChI is InChI=1S/C49H79O14P/c1-3-5-7-9-11-13-15-17-18-19-20-22-24-26-28-30-32-36-43(52)62-41(39-61-64(58,59)63-49-47(56)45(54)44(53)46(55)48(49)57)38-60-42(51)37-33-35-40(50)34-31-29-27-25-23-21-16-14-12-10-8-6-4-2/h6,8,12,14,17-18,20-23,26-29,31,34,40-41,44-50,53-57H,3-5,7,9-11,13,15-16,19,24-25,30,32-33,35-39H2,1-2H3,(H,58,59)/b8-6-,14-12-,18-17-,22-20-,23-21-,28-26-,29-27-,34-31+/t40?,41-,44?,45-,46+,47-,48-,49?/m1/s1. The molecule has 0 aliphatic heterocycles. The molecule has 0 aromatic carbocycles. The van der Waals surface area contributed by atoms with Crippen molar-refractivity contribution < 1.29 is 68.2 Å². The lowest BCUT2D eigenvalue weighted by molar-refractivity contribution is -0.220. The molecule has 0 heterocycles. The Hall–Kier alpha value is -3.27. The van der Waals surface area contributed by atoms with Crippen molar-refractivity contribution in [3.8, 4) is 0 Å². The third kappa shape index (κ3) is 30.0. The number of rotatable bonds is 36. The van der Waals surface area contributed by atoms with Crippen LogP contribution in [-0.4, -0.2) is 110 Å². The van der Waals surface area contributed by atoms with Crippen molar-refractivity contribution in [2.24, 2.45) is 0 Å². The van der Waals surface area contributed by atoms with E-state index in [1.165, 1.54) is 38.5 Å². The number of aliphatic hydroxyl groups excluding tert-OH is 6. The fourth-order valence-corrected chi connectivity index (χ4v) is 7.24. The van der Waals surface area contributed by atoms with Crippen LogP contribution in [-0.2, 0) is 32.7 Å². The first kappa shape index (κ1) is 58.7. The van der Waals surface area contributed by atoms with E-state index in [9.17, 15) is 49.7 Å². The number of allylic oxidation sites excluding steroid dienone is 15. The monoisotopic (exact) mass is 923 g/mol. The quantitative estimate of drug-likeness (QED) is 0.0104. The fourth-order valence-electron chi connectivity index (χ4n) is 6.27. The van der Waals surface area contributed by atoms with E-state index in [1.807, 2.05) is 24.3 Å². The van der Waals surface area contributed by atoms with E-state index in [0.717, 1.165) is 44.9 Å². The lowest BCUT2D eigenvalue weighted by atomic mass is 9.85. The smallest absolute Gasteiger partial charge is 0.462 e. The summed E-state index contributed by atoms with van der Waals surface area (Å²) in [6.07, 6.45) is 33.5. The van der Waals surface area contributed by atoms with Gasteiger partial charge in [0.05, 0.1) is 12.7 Å². The van der Waals surface area contributed by atoms with Gasteiger partial charge in [-0.1, -0.05) is 143 Å². The first-order valence-electron chi connectivity index (χ1n) is 23.1. The summed E-state index contributed by atoms with van der Waals surface area (Å²) >= 11 is 0. The molecule has 0 spiro atoms. The summed E-state index contributed by atoms with van der Waals surface area (Å²) in [6, 6.07) is 0. The van der Waals surface area contributed by atoms with E-state index in [1.54, 1.807) is 12.2 Å². The molecule has 14 nitrogen and oxygen atoms in total. The summed E-state index contributed by atoms with van der Waals surface area (Å²) in [5, 5.41) is 60.4. The Morgan fingerprint density at radius 3 is 1.67 bits per heavy atom. The zero-order valence-electron chi connectivity index (χ0n) is 38.1. The molecule has 9 atom stereocenters. The van der Waals surface area contributed by atoms with Crippen LogP contribution in [0.25, 0.3) is 0 Å². The van der Waals surface area contributed by atoms with Gasteiger partial charge in [0.1, 0.15) is 43.2 Å². The molecule has 1 saturated carbocycles. The highest BCUT2D eigenvalue weighted by Crippen LogP contribution is 2.47. The number of hydrogen-bond acceptors (Lipinski definition) is 13. The van der Waals surface area contributed by atoms with Gasteiger partial charge in [-0.3, -0.25) is 18.6 Å². The molecule has 0 aromatic rings. The van der Waals surface area contributed by atoms with Gasteiger partial charge in [0.15, 0.2) is 6.10 Å². The number of carbonyl (C=O) groups excluding carboxylic acids is 2. The predicted molar refractivity (Wildman–Crippen MR) is 250 cm³/mol. The molecule has 1 fully saturated rings. The van der Waals surface area contributed by atoms with Gasteiger partial charge < -0.3 is 45.0 Å². The molecule has 0 radical (unpaired) electrons. The fraction of sp³-hybridized carbons (Fsp3) is 0.633. The molecule has 7 N–H and O–H groups in total. The number of carbonyl (C=O) groups is 2. The highest BCUT2D eigenvalue weighted by atomic mass is 31.2. The molecular weight excluding hydrogens is 843 g/mol. The summed E-state index contributed by atoms with van der Waals surface area (Å²) < 4.78 is 33.3. The van der Waals surface area contributed by atoms with Gasteiger partial charge in [-0.05, 0) is 77.0 Å². The molecule has 364 valence electrons. The third-order valence-electron chi connectivity index (χ3n) is 10.0. The van der Waals surface area contributed by atoms with E-state index in [0.29, 0.717) is 12.8 Å². The van der Waals surface area contributed by atoms with Crippen molar-refractivity contribution in [3.63, 3.8) is 0 Å². The molecule has 0 aromatic heterocycles. The summed E-state index contributed by atoms with van der Waals surface area (Å²) in [4.78, 5) is 35.7. The topological polar surface area (TPSA) is 230 Å². The van der Waals surface area contributed by atoms with Gasteiger partial charge in [-0.15, -0.1) is 0 Å². The molecule has 15 heteroatoms. The average Bonchev–Trinajstić information content (AvgIpc) is 3.27. The number of unbranched alkanes of at least 4 members (excludes halogenated alkanes) is 7. The molecule has 64 heavy (non-hydrogen) atoms. The second-order valence-electron chi connectivity index (χ2n) is 15.7. The van der Waals surface area contributed by atoms with Crippen LogP contribution < -0.4 is 0 Å². The minimum atomic E-state index is -5.18. The van der Waals surface area contributed by atoms with Crippen LogP contribution in [0, 0.1) is 0 Å². The normalized spacial score (nSPS) is 23.0. The summed E-state index contributed by atoms with van der Waals surface area (Å²) in [6.45, 7) is 2.95. The second kappa shape index (κ2) is 37.9. The van der Waals surface area contributed by atoms with Crippen molar-refractivity contribution in [2.75, 3.05) is 13.2 Å². The highest BCUT2D eigenvalue weighted by Gasteiger charge is 2.51. The maximum Gasteiger partial charge on any atom is 0.472 e. The van der Waals surface area contributed by atoms with E-state index >= 15 is 0 Å². The van der Waals surface area contributed by atoms with E-state index in [-0.39, 0.29) is 25.7 Å². The number of aliphatic hydroxyl groups is 6. The molecule has 0 saturated heterocycles. The minimum Gasteiger partial charge on any atom is -0.462 e. The highest BCUT2D eigenvalue weighted by molar-refractivity contribution is 7.47. The lowest BCUT2D eigenvalue weighted by Crippen LogP contribution is -2.64. The second-order valence-corrected chi connectivity index (χ2v) is 17.1. The Bertz CT molecular complexity index is 1500. The summed E-state index contributed by atoms with van der Waals surface area (Å²) in [5.74, 6) is -1.38. The SMILES string of the molecule is CC/C=C\C/C=C\C/C=C\C/C=C\C=C\C(O)CCCC(=O)OC[C@H](COP(=O)(O)OC1[C@H](O)[C@H](O)C(O)[C@H](O)[C@H]1O)OC(=O)CCC/C=C\C/C=C\C/C=C\CCCCCCCC. The van der Waals surface area contributed by atoms with Crippen LogP contribution in [0.3, 0.4) is 0 Å². The molecule has 4 unspecified atom stereocenters. The van der Waals surface area contributed by atoms with Crippen LogP contribution in [0.15, 0.2) is 97.2 Å². The summed E-state index contributed by atoms with van der Waals surface area (Å²) in [5.41, 5.74) is 0. The predicted octanol–water partition coefficient (Wildman–Crippen LogP) is 8.02. The van der Waals surface area contributed by atoms with Gasteiger partial charge in [-0.25, -0.2) is 4.57 Å². The zero-order valence-corrected chi connectivity index (χ0v) is 39.0. The largest absolute Gasteiger partial charge is 0.472 e. The van der Waals surface area contributed by atoms with E-state index < -0.39 is 81.8 Å². The number of esters is 2. The van der Waals surface area contributed by atoms with Crippen LogP contribution in [0.2, 0.25) is 0 Å². The van der Waals surface area contributed by atoms with Crippen molar-refractivity contribution >= 4 is 19.8 Å². The Kier molecular flexibility index (Phi) is 34.8. The number of ether oxygens (including phenoxy) is 2. The molecule has 1 rings (SSSR count). The van der Waals surface area contributed by atoms with Crippen molar-refractivity contribution in [1.29, 1.82) is 0 Å². The van der Waals surface area contributed by atoms with E-state index in [2.05, 4.69) is 74.6 Å². The number of phosphoric ester groups is 1. The molecule has 1 aliphatic carbocycles. The van der Waals surface area contributed by atoms with Gasteiger partial charge >= 0.3 is 19.8 Å².